The lowest BCUT2D eigenvalue weighted by Gasteiger charge is -2.16. The Labute approximate surface area is 109 Å². The third-order valence-electron chi connectivity index (χ3n) is 2.56. The summed E-state index contributed by atoms with van der Waals surface area (Å²) in [5, 5.41) is 11.1. The molecule has 0 aliphatic carbocycles. The van der Waals surface area contributed by atoms with Gasteiger partial charge in [0.15, 0.2) is 5.88 Å². The largest absolute Gasteiger partial charge is 0.680 e. The molecule has 20 heavy (non-hydrogen) atoms. The molecule has 10 heteroatoms. The molecule has 0 bridgehead atoms. The van der Waals surface area contributed by atoms with E-state index in [1.807, 2.05) is 5.32 Å². The molecule has 0 saturated carbocycles. The minimum absolute atomic E-state index is 0.172. The minimum Gasteiger partial charge on any atom is -0.495 e. The van der Waals surface area contributed by atoms with E-state index in [2.05, 4.69) is 0 Å². The number of hydrogen-bond donors (Lipinski definition) is 2. The first-order chi connectivity index (χ1) is 9.21. The second-order valence-corrected chi connectivity index (χ2v) is 3.83. The first kappa shape index (κ1) is 14.2. The Hall–Kier alpha value is -2.26. The van der Waals surface area contributed by atoms with Crippen molar-refractivity contribution in [2.45, 2.75) is 6.18 Å². The zero-order valence-electron chi connectivity index (χ0n) is 9.58. The van der Waals surface area contributed by atoms with Crippen LogP contribution >= 0.6 is 0 Å². The predicted octanol–water partition coefficient (Wildman–Crippen LogP) is 1.93. The summed E-state index contributed by atoms with van der Waals surface area (Å²) in [5.41, 5.74) is -3.05. The molecular weight excluding hydrogens is 286 g/mol. The molecule has 1 amide bonds. The van der Waals surface area contributed by atoms with Crippen molar-refractivity contribution in [1.82, 2.24) is 9.79 Å². The normalized spacial score (nSPS) is 17.4. The summed E-state index contributed by atoms with van der Waals surface area (Å²) in [5.74, 6) is -1.80. The molecule has 2 N–H and O–H groups in total. The highest BCUT2D eigenvalue weighted by Gasteiger charge is 2.41. The lowest BCUT2D eigenvalue weighted by molar-refractivity contribution is -0.115. The van der Waals surface area contributed by atoms with E-state index in [0.29, 0.717) is 12.1 Å². The molecular formula is C10H6BF5N2O2. The van der Waals surface area contributed by atoms with Gasteiger partial charge in [-0.2, -0.15) is 13.2 Å². The van der Waals surface area contributed by atoms with Crippen molar-refractivity contribution in [3.63, 3.8) is 0 Å². The van der Waals surface area contributed by atoms with Crippen molar-refractivity contribution in [2.75, 3.05) is 0 Å². The Bertz CT molecular complexity index is 618. The quantitative estimate of drug-likeness (QED) is 0.646. The highest BCUT2D eigenvalue weighted by molar-refractivity contribution is 6.41. The number of aromatic nitrogens is 1. The number of carbonyl (C=O) groups excluding carboxylic acids is 1. The molecule has 1 aliphatic heterocycles. The SMILES string of the molecule is O=C1C=C/C(=C(/c2ccc(O)n2B(F)F)C(F)(F)F)N1. The molecule has 0 unspecified atom stereocenters. The van der Waals surface area contributed by atoms with Crippen LogP contribution in [0.25, 0.3) is 5.57 Å². The van der Waals surface area contributed by atoms with Crippen molar-refractivity contribution in [3.8, 4) is 5.88 Å². The first-order valence-electron chi connectivity index (χ1n) is 5.21. The average Bonchev–Trinajstić information content (AvgIpc) is 2.84. The summed E-state index contributed by atoms with van der Waals surface area (Å²) in [7, 11) is -3.36. The number of nitrogens with one attached hydrogen (secondary N) is 1. The Morgan fingerprint density at radius 1 is 1.25 bits per heavy atom. The second kappa shape index (κ2) is 4.69. The van der Waals surface area contributed by atoms with Crippen LogP contribution in [0.2, 0.25) is 0 Å². The number of halogens is 5. The van der Waals surface area contributed by atoms with Crippen LogP contribution in [0.3, 0.4) is 0 Å². The highest BCUT2D eigenvalue weighted by Crippen LogP contribution is 2.39. The summed E-state index contributed by atoms with van der Waals surface area (Å²) in [6.45, 7) is 0. The van der Waals surface area contributed by atoms with Gasteiger partial charge in [0, 0.05) is 6.08 Å². The topological polar surface area (TPSA) is 54.3 Å². The molecule has 1 aromatic heterocycles. The van der Waals surface area contributed by atoms with Crippen molar-refractivity contribution in [2.24, 2.45) is 0 Å². The second-order valence-electron chi connectivity index (χ2n) is 3.83. The fraction of sp³-hybridized carbons (Fsp3) is 0.100. The summed E-state index contributed by atoms with van der Waals surface area (Å²) in [6.07, 6.45) is -3.31. The van der Waals surface area contributed by atoms with Crippen LogP contribution in [0.15, 0.2) is 30.0 Å². The van der Waals surface area contributed by atoms with Crippen LogP contribution in [0, 0.1) is 0 Å². The molecule has 1 aromatic rings. The van der Waals surface area contributed by atoms with Crippen LogP contribution in [-0.2, 0) is 4.79 Å². The van der Waals surface area contributed by atoms with Gasteiger partial charge in [-0.3, -0.25) is 17.9 Å². The molecule has 0 radical (unpaired) electrons. The fourth-order valence-electron chi connectivity index (χ4n) is 1.80. The monoisotopic (exact) mass is 292 g/mol. The number of aromatic hydroxyl groups is 1. The Morgan fingerprint density at radius 2 is 1.90 bits per heavy atom. The van der Waals surface area contributed by atoms with Gasteiger partial charge in [0.05, 0.1) is 11.4 Å². The molecule has 0 saturated heterocycles. The summed E-state index contributed by atoms with van der Waals surface area (Å²) < 4.78 is 64.5. The lowest BCUT2D eigenvalue weighted by Crippen LogP contribution is -2.24. The van der Waals surface area contributed by atoms with E-state index in [1.165, 1.54) is 0 Å². The lowest BCUT2D eigenvalue weighted by atomic mass is 10.1. The van der Waals surface area contributed by atoms with Crippen LogP contribution in [-0.4, -0.2) is 29.1 Å². The van der Waals surface area contributed by atoms with E-state index in [9.17, 15) is 31.7 Å². The number of carbonyl (C=O) groups is 1. The molecule has 2 heterocycles. The molecule has 0 aromatic carbocycles. The van der Waals surface area contributed by atoms with Crippen LogP contribution < -0.4 is 5.32 Å². The van der Waals surface area contributed by atoms with Gasteiger partial charge in [-0.1, -0.05) is 0 Å². The number of amides is 1. The van der Waals surface area contributed by atoms with Crippen LogP contribution in [0.5, 0.6) is 5.88 Å². The third kappa shape index (κ3) is 2.40. The van der Waals surface area contributed by atoms with E-state index in [0.717, 1.165) is 12.2 Å². The van der Waals surface area contributed by atoms with Gasteiger partial charge in [-0.15, -0.1) is 0 Å². The number of hydrogen-bond acceptors (Lipinski definition) is 2. The molecule has 0 atom stereocenters. The van der Waals surface area contributed by atoms with Gasteiger partial charge in [0.25, 0.3) is 0 Å². The van der Waals surface area contributed by atoms with Crippen molar-refractivity contribution < 1.29 is 31.7 Å². The van der Waals surface area contributed by atoms with Crippen molar-refractivity contribution >= 4 is 18.9 Å². The maximum Gasteiger partial charge on any atom is 0.680 e. The molecule has 4 nitrogen and oxygen atoms in total. The highest BCUT2D eigenvalue weighted by atomic mass is 19.4. The standard InChI is InChI=1S/C10H6BF5N2O2/c12-10(13,14)9(5-1-3-7(19)17-5)6-2-4-8(20)18(6)11(15)16/h1-4,20H,(H,17,19)/b9-5+. The van der Waals surface area contributed by atoms with E-state index in [-0.39, 0.29) is 4.48 Å². The number of rotatable bonds is 2. The number of alkyl halides is 3. The third-order valence-corrected chi connectivity index (χ3v) is 2.56. The number of nitrogens with zero attached hydrogens (tertiary/aromatic N) is 1. The smallest absolute Gasteiger partial charge is 0.495 e. The number of allylic oxidation sites excluding steroid dienone is 2. The van der Waals surface area contributed by atoms with Gasteiger partial charge in [0.1, 0.15) is 5.57 Å². The van der Waals surface area contributed by atoms with Gasteiger partial charge in [0.2, 0.25) is 5.91 Å². The van der Waals surface area contributed by atoms with E-state index >= 15 is 0 Å². The average molecular weight is 292 g/mol. The molecule has 0 fully saturated rings. The molecule has 106 valence electrons. The Morgan fingerprint density at radius 3 is 2.35 bits per heavy atom. The molecule has 0 spiro atoms. The maximum atomic E-state index is 13.1. The van der Waals surface area contributed by atoms with Gasteiger partial charge in [-0.05, 0) is 18.2 Å². The van der Waals surface area contributed by atoms with Crippen molar-refractivity contribution in [3.05, 3.63) is 35.7 Å². The van der Waals surface area contributed by atoms with E-state index in [1.54, 1.807) is 0 Å². The Balaban J connectivity index is 2.67. The summed E-state index contributed by atoms with van der Waals surface area (Å²) in [4.78, 5) is 10.9. The molecule has 1 aliphatic rings. The molecule has 2 rings (SSSR count). The zero-order valence-corrected chi connectivity index (χ0v) is 9.58. The van der Waals surface area contributed by atoms with Crippen molar-refractivity contribution in [1.29, 1.82) is 0 Å². The predicted molar refractivity (Wildman–Crippen MR) is 59.7 cm³/mol. The maximum absolute atomic E-state index is 13.1. The van der Waals surface area contributed by atoms with Crippen LogP contribution in [0.1, 0.15) is 5.69 Å². The van der Waals surface area contributed by atoms with E-state index < -0.39 is 42.3 Å². The fourth-order valence-corrected chi connectivity index (χ4v) is 1.80. The zero-order chi connectivity index (χ0) is 15.1. The summed E-state index contributed by atoms with van der Waals surface area (Å²) >= 11 is 0. The van der Waals surface area contributed by atoms with Gasteiger partial charge < -0.3 is 10.4 Å². The van der Waals surface area contributed by atoms with Crippen LogP contribution in [0.4, 0.5) is 21.8 Å². The Kier molecular flexibility index (Phi) is 3.32. The van der Waals surface area contributed by atoms with E-state index in [4.69, 9.17) is 0 Å². The minimum atomic E-state index is -4.99. The summed E-state index contributed by atoms with van der Waals surface area (Å²) in [6, 6.07) is 1.42. The van der Waals surface area contributed by atoms with Gasteiger partial charge in [-0.25, -0.2) is 0 Å². The first-order valence-corrected chi connectivity index (χ1v) is 5.21. The van der Waals surface area contributed by atoms with Gasteiger partial charge >= 0.3 is 13.6 Å².